The lowest BCUT2D eigenvalue weighted by Gasteiger charge is -2.30. The van der Waals surface area contributed by atoms with Crippen molar-refractivity contribution in [2.24, 2.45) is 11.8 Å². The molecule has 1 aromatic heterocycles. The first-order chi connectivity index (χ1) is 8.72. The van der Waals surface area contributed by atoms with Crippen LogP contribution in [0.3, 0.4) is 0 Å². The van der Waals surface area contributed by atoms with E-state index < -0.39 is 0 Å². The van der Waals surface area contributed by atoms with Crippen molar-refractivity contribution in [3.05, 3.63) is 10.6 Å². The van der Waals surface area contributed by atoms with Crippen LogP contribution >= 0.6 is 11.5 Å². The summed E-state index contributed by atoms with van der Waals surface area (Å²) in [6.07, 6.45) is 4.54. The Kier molecular flexibility index (Phi) is 4.66. The van der Waals surface area contributed by atoms with Crippen molar-refractivity contribution >= 4 is 17.4 Å². The molecule has 6 heteroatoms. The van der Waals surface area contributed by atoms with Crippen molar-refractivity contribution in [3.8, 4) is 0 Å². The van der Waals surface area contributed by atoms with Gasteiger partial charge in [-0.2, -0.15) is 0 Å². The van der Waals surface area contributed by atoms with Gasteiger partial charge in [0.25, 0.3) is 5.91 Å². The Morgan fingerprint density at radius 1 is 1.44 bits per heavy atom. The highest BCUT2D eigenvalue weighted by atomic mass is 32.1. The summed E-state index contributed by atoms with van der Waals surface area (Å²) >= 11 is 1.13. The number of nitrogens with zero attached hydrogens (tertiary/aromatic N) is 2. The second kappa shape index (κ2) is 6.24. The minimum atomic E-state index is -0.0928. The van der Waals surface area contributed by atoms with Crippen LogP contribution in [0, 0.1) is 18.8 Å². The maximum absolute atomic E-state index is 11.9. The molecule has 0 aliphatic heterocycles. The first-order valence-electron chi connectivity index (χ1n) is 6.40. The van der Waals surface area contributed by atoms with Crippen LogP contribution in [-0.2, 0) is 0 Å². The first-order valence-corrected chi connectivity index (χ1v) is 7.17. The van der Waals surface area contributed by atoms with Gasteiger partial charge in [0.2, 0.25) is 0 Å². The van der Waals surface area contributed by atoms with Gasteiger partial charge in [0, 0.05) is 13.2 Å². The van der Waals surface area contributed by atoms with Crippen molar-refractivity contribution in [2.75, 3.05) is 13.2 Å². The molecule has 5 nitrogen and oxygen atoms in total. The van der Waals surface area contributed by atoms with Crippen LogP contribution in [0.2, 0.25) is 0 Å². The number of hydrogen-bond acceptors (Lipinski definition) is 5. The fourth-order valence-electron chi connectivity index (χ4n) is 2.54. The molecule has 0 spiro atoms. The SMILES string of the molecule is Cc1nnsc1C(=O)NCC1CCCCC1CO. The first kappa shape index (κ1) is 13.4. The highest BCUT2D eigenvalue weighted by Crippen LogP contribution is 2.29. The minimum absolute atomic E-state index is 0.0928. The summed E-state index contributed by atoms with van der Waals surface area (Å²) in [7, 11) is 0. The van der Waals surface area contributed by atoms with Crippen LogP contribution < -0.4 is 5.32 Å². The van der Waals surface area contributed by atoms with E-state index in [2.05, 4.69) is 14.9 Å². The van der Waals surface area contributed by atoms with Crippen LogP contribution in [0.1, 0.15) is 41.0 Å². The molecular formula is C12H19N3O2S. The van der Waals surface area contributed by atoms with Crippen LogP contribution in [0.5, 0.6) is 0 Å². The molecule has 0 radical (unpaired) electrons. The topological polar surface area (TPSA) is 75.1 Å². The molecule has 100 valence electrons. The molecule has 0 bridgehead atoms. The minimum Gasteiger partial charge on any atom is -0.396 e. The Labute approximate surface area is 111 Å². The number of aryl methyl sites for hydroxylation is 1. The summed E-state index contributed by atoms with van der Waals surface area (Å²) in [5.74, 6) is 0.637. The Balaban J connectivity index is 1.87. The molecule has 1 aromatic rings. The van der Waals surface area contributed by atoms with Gasteiger partial charge in [-0.1, -0.05) is 17.3 Å². The van der Waals surface area contributed by atoms with Crippen molar-refractivity contribution in [2.45, 2.75) is 32.6 Å². The van der Waals surface area contributed by atoms with Gasteiger partial charge in [-0.25, -0.2) is 0 Å². The molecule has 1 heterocycles. The van der Waals surface area contributed by atoms with E-state index in [-0.39, 0.29) is 12.5 Å². The van der Waals surface area contributed by atoms with Gasteiger partial charge < -0.3 is 10.4 Å². The van der Waals surface area contributed by atoms with Crippen LogP contribution in [-0.4, -0.2) is 33.8 Å². The van der Waals surface area contributed by atoms with E-state index in [4.69, 9.17) is 0 Å². The van der Waals surface area contributed by atoms with Gasteiger partial charge in [-0.05, 0) is 43.1 Å². The molecule has 1 saturated carbocycles. The highest BCUT2D eigenvalue weighted by molar-refractivity contribution is 7.07. The smallest absolute Gasteiger partial charge is 0.264 e. The van der Waals surface area contributed by atoms with E-state index >= 15 is 0 Å². The molecule has 2 atom stereocenters. The quantitative estimate of drug-likeness (QED) is 0.866. The van der Waals surface area contributed by atoms with E-state index in [0.29, 0.717) is 29.0 Å². The molecule has 2 unspecified atom stereocenters. The standard InChI is InChI=1S/C12H19N3O2S/c1-8-11(18-15-14-8)12(17)13-6-9-4-2-3-5-10(9)7-16/h9-10,16H,2-7H2,1H3,(H,13,17). The molecule has 1 aliphatic carbocycles. The maximum Gasteiger partial charge on any atom is 0.264 e. The third kappa shape index (κ3) is 3.05. The lowest BCUT2D eigenvalue weighted by molar-refractivity contribution is 0.0912. The Morgan fingerprint density at radius 3 is 2.78 bits per heavy atom. The average molecular weight is 269 g/mol. The maximum atomic E-state index is 11.9. The van der Waals surface area contributed by atoms with Crippen molar-refractivity contribution < 1.29 is 9.90 Å². The third-order valence-corrected chi connectivity index (χ3v) is 4.51. The van der Waals surface area contributed by atoms with Crippen molar-refractivity contribution in [3.63, 3.8) is 0 Å². The van der Waals surface area contributed by atoms with Crippen LogP contribution in [0.25, 0.3) is 0 Å². The average Bonchev–Trinajstić information content (AvgIpc) is 2.82. The Hall–Kier alpha value is -1.01. The molecule has 2 rings (SSSR count). The summed E-state index contributed by atoms with van der Waals surface area (Å²) in [4.78, 5) is 12.5. The Bertz CT molecular complexity index is 408. The number of rotatable bonds is 4. The second-order valence-corrected chi connectivity index (χ2v) is 5.64. The summed E-state index contributed by atoms with van der Waals surface area (Å²) in [6.45, 7) is 2.65. The summed E-state index contributed by atoms with van der Waals surface area (Å²) in [6, 6.07) is 0. The van der Waals surface area contributed by atoms with E-state index in [1.54, 1.807) is 6.92 Å². The molecule has 18 heavy (non-hydrogen) atoms. The molecular weight excluding hydrogens is 250 g/mol. The Morgan fingerprint density at radius 2 is 2.17 bits per heavy atom. The van der Waals surface area contributed by atoms with E-state index in [0.717, 1.165) is 24.4 Å². The van der Waals surface area contributed by atoms with Crippen LogP contribution in [0.15, 0.2) is 0 Å². The number of aliphatic hydroxyl groups excluding tert-OH is 1. The number of aromatic nitrogens is 2. The molecule has 0 saturated heterocycles. The fraction of sp³-hybridized carbons (Fsp3) is 0.750. The third-order valence-electron chi connectivity index (χ3n) is 3.68. The summed E-state index contributed by atoms with van der Waals surface area (Å²) < 4.78 is 3.76. The van der Waals surface area contributed by atoms with Gasteiger partial charge in [-0.15, -0.1) is 5.10 Å². The fourth-order valence-corrected chi connectivity index (χ4v) is 3.11. The number of hydrogen-bond donors (Lipinski definition) is 2. The van der Waals surface area contributed by atoms with Crippen molar-refractivity contribution in [1.29, 1.82) is 0 Å². The van der Waals surface area contributed by atoms with Gasteiger partial charge >= 0.3 is 0 Å². The number of carbonyl (C=O) groups excluding carboxylic acids is 1. The van der Waals surface area contributed by atoms with Gasteiger partial charge in [-0.3, -0.25) is 4.79 Å². The zero-order valence-electron chi connectivity index (χ0n) is 10.6. The molecule has 1 aliphatic rings. The molecule has 2 N–H and O–H groups in total. The number of aliphatic hydroxyl groups is 1. The zero-order chi connectivity index (χ0) is 13.0. The summed E-state index contributed by atoms with van der Waals surface area (Å²) in [5, 5.41) is 16.1. The van der Waals surface area contributed by atoms with Gasteiger partial charge in [0.1, 0.15) is 4.88 Å². The number of amides is 1. The van der Waals surface area contributed by atoms with Crippen molar-refractivity contribution in [1.82, 2.24) is 14.9 Å². The number of nitrogens with one attached hydrogen (secondary N) is 1. The zero-order valence-corrected chi connectivity index (χ0v) is 11.4. The highest BCUT2D eigenvalue weighted by Gasteiger charge is 2.25. The van der Waals surface area contributed by atoms with E-state index in [9.17, 15) is 9.90 Å². The lowest BCUT2D eigenvalue weighted by atomic mass is 9.79. The predicted molar refractivity (Wildman–Crippen MR) is 69.5 cm³/mol. The van der Waals surface area contributed by atoms with Gasteiger partial charge in [0.15, 0.2) is 0 Å². The van der Waals surface area contributed by atoms with Gasteiger partial charge in [0.05, 0.1) is 5.69 Å². The molecule has 1 fully saturated rings. The predicted octanol–water partition coefficient (Wildman–Crippen LogP) is 1.38. The second-order valence-electron chi connectivity index (χ2n) is 4.88. The van der Waals surface area contributed by atoms with E-state index in [1.807, 2.05) is 0 Å². The molecule has 1 amide bonds. The molecule has 0 aromatic carbocycles. The number of carbonyl (C=O) groups is 1. The summed E-state index contributed by atoms with van der Waals surface area (Å²) in [5.41, 5.74) is 0.680. The van der Waals surface area contributed by atoms with Crippen LogP contribution in [0.4, 0.5) is 0 Å². The monoisotopic (exact) mass is 269 g/mol. The lowest BCUT2D eigenvalue weighted by Crippen LogP contribution is -2.35. The van der Waals surface area contributed by atoms with E-state index in [1.165, 1.54) is 12.8 Å². The largest absolute Gasteiger partial charge is 0.396 e. The normalized spacial score (nSPS) is 23.9.